The van der Waals surface area contributed by atoms with E-state index < -0.39 is 0 Å². The molecule has 154 valence electrons. The van der Waals surface area contributed by atoms with Crippen LogP contribution in [0.15, 0.2) is 41.5 Å². The number of nitrogens with one attached hydrogen (secondary N) is 1. The van der Waals surface area contributed by atoms with Crippen molar-refractivity contribution in [1.82, 2.24) is 14.9 Å². The molecule has 2 fully saturated rings. The predicted octanol–water partition coefficient (Wildman–Crippen LogP) is 1.60. The number of aromatic nitrogens is 2. The Bertz CT molecular complexity index is 903. The molecule has 9 heteroatoms. The molecule has 8 nitrogen and oxygen atoms in total. The van der Waals surface area contributed by atoms with Gasteiger partial charge in [-0.2, -0.15) is 0 Å². The maximum atomic E-state index is 14.0. The zero-order chi connectivity index (χ0) is 20.8. The summed E-state index contributed by atoms with van der Waals surface area (Å²) in [6.07, 6.45) is 4.93. The van der Waals surface area contributed by atoms with Crippen molar-refractivity contribution in [3.8, 4) is 0 Å². The van der Waals surface area contributed by atoms with Gasteiger partial charge in [0.05, 0.1) is 0 Å². The van der Waals surface area contributed by atoms with Gasteiger partial charge in [-0.3, -0.25) is 14.4 Å². The van der Waals surface area contributed by atoms with Gasteiger partial charge in [0, 0.05) is 50.2 Å². The molecule has 2 aliphatic rings. The van der Waals surface area contributed by atoms with E-state index in [9.17, 15) is 14.0 Å². The Morgan fingerprint density at radius 1 is 1.24 bits per heavy atom. The zero-order valence-corrected chi connectivity index (χ0v) is 15.8. The molecule has 0 bridgehead atoms. The van der Waals surface area contributed by atoms with Gasteiger partial charge in [0.25, 0.3) is 12.4 Å². The van der Waals surface area contributed by atoms with Crippen LogP contribution in [0.25, 0.3) is 0 Å². The highest BCUT2D eigenvalue weighted by Gasteiger charge is 2.37. The van der Waals surface area contributed by atoms with Crippen LogP contribution in [0.5, 0.6) is 0 Å². The fourth-order valence-corrected chi connectivity index (χ4v) is 4.10. The number of anilines is 1. The number of nitrogens with zero attached hydrogens (tertiary/aromatic N) is 3. The number of hydrogen-bond acceptors (Lipinski definition) is 5. The molecule has 0 aliphatic carbocycles. The van der Waals surface area contributed by atoms with Crippen LogP contribution in [0.4, 0.5) is 10.2 Å². The third-order valence-electron chi connectivity index (χ3n) is 5.46. The highest BCUT2D eigenvalue weighted by molar-refractivity contribution is 5.94. The molecule has 29 heavy (non-hydrogen) atoms. The third kappa shape index (κ3) is 4.79. The van der Waals surface area contributed by atoms with Crippen LogP contribution in [0.3, 0.4) is 0 Å². The molecule has 0 aromatic carbocycles. The summed E-state index contributed by atoms with van der Waals surface area (Å²) in [7, 11) is 0. The number of fused-ring (bicyclic) bond motifs is 1. The minimum Gasteiger partial charge on any atom is -0.483 e. The summed E-state index contributed by atoms with van der Waals surface area (Å²) in [4.78, 5) is 43.0. The van der Waals surface area contributed by atoms with Crippen molar-refractivity contribution in [2.24, 2.45) is 11.8 Å². The molecule has 2 aromatic rings. The molecule has 2 N–H and O–H groups in total. The Hall–Kier alpha value is -3.23. The lowest BCUT2D eigenvalue weighted by Gasteiger charge is -2.23. The molecular formula is C20H23FN4O4. The van der Waals surface area contributed by atoms with Crippen LogP contribution in [0.1, 0.15) is 23.2 Å². The van der Waals surface area contributed by atoms with Gasteiger partial charge < -0.3 is 19.9 Å². The topological polar surface area (TPSA) is 107 Å². The second-order valence-electron chi connectivity index (χ2n) is 7.15. The number of H-pyrrole nitrogens is 1. The zero-order valence-electron chi connectivity index (χ0n) is 15.8. The average Bonchev–Trinajstić information content (AvgIpc) is 3.02. The fraction of sp³-hybridized carbons (Fsp3) is 0.400. The van der Waals surface area contributed by atoms with Crippen molar-refractivity contribution in [2.45, 2.75) is 12.8 Å². The number of carbonyl (C=O) groups excluding carboxylic acids is 1. The standard InChI is InChI=1S/C19H21FN4O2.CH2O2/c20-16-2-1-6-22-18(16)23-8-4-14-11-24(12-15(14)5-9-23)19(26)13-3-7-21-17(25)10-13;2-1-3/h1-3,6-7,10,14-15H,4-5,8-9,11-12H2,(H,21,25);1H,(H,2,3)/t14-,15+;. The largest absolute Gasteiger partial charge is 0.483 e. The first-order valence-corrected chi connectivity index (χ1v) is 9.44. The number of hydrogen-bond donors (Lipinski definition) is 2. The van der Waals surface area contributed by atoms with E-state index >= 15 is 0 Å². The van der Waals surface area contributed by atoms with Gasteiger partial charge in [0.2, 0.25) is 5.56 Å². The monoisotopic (exact) mass is 402 g/mol. The first-order valence-electron chi connectivity index (χ1n) is 9.44. The van der Waals surface area contributed by atoms with E-state index in [0.717, 1.165) is 25.9 Å². The summed E-state index contributed by atoms with van der Waals surface area (Å²) in [6.45, 7) is 2.61. The van der Waals surface area contributed by atoms with Gasteiger partial charge in [-0.15, -0.1) is 0 Å². The highest BCUT2D eigenvalue weighted by atomic mass is 19.1. The van der Waals surface area contributed by atoms with Gasteiger partial charge in [0.15, 0.2) is 11.6 Å². The minimum atomic E-state index is -0.286. The molecule has 0 saturated carbocycles. The predicted molar refractivity (Wildman–Crippen MR) is 104 cm³/mol. The van der Waals surface area contributed by atoms with Crippen molar-refractivity contribution in [1.29, 1.82) is 0 Å². The van der Waals surface area contributed by atoms with Gasteiger partial charge in [-0.25, -0.2) is 9.37 Å². The van der Waals surface area contributed by atoms with E-state index in [1.165, 1.54) is 18.3 Å². The highest BCUT2D eigenvalue weighted by Crippen LogP contribution is 2.33. The van der Waals surface area contributed by atoms with Crippen LogP contribution in [0.2, 0.25) is 0 Å². The number of carbonyl (C=O) groups is 2. The van der Waals surface area contributed by atoms with Crippen LogP contribution < -0.4 is 10.5 Å². The number of pyridine rings is 2. The average molecular weight is 402 g/mol. The van der Waals surface area contributed by atoms with E-state index in [0.29, 0.717) is 36.3 Å². The summed E-state index contributed by atoms with van der Waals surface area (Å²) in [5.41, 5.74) is 0.166. The second kappa shape index (κ2) is 9.31. The normalized spacial score (nSPS) is 20.9. The van der Waals surface area contributed by atoms with Crippen LogP contribution in [-0.4, -0.2) is 58.5 Å². The van der Waals surface area contributed by atoms with Gasteiger partial charge in [-0.05, 0) is 42.9 Å². The molecule has 0 unspecified atom stereocenters. The molecule has 2 aromatic heterocycles. The summed E-state index contributed by atoms with van der Waals surface area (Å²) in [5, 5.41) is 6.89. The lowest BCUT2D eigenvalue weighted by molar-refractivity contribution is -0.122. The minimum absolute atomic E-state index is 0.0863. The second-order valence-corrected chi connectivity index (χ2v) is 7.15. The molecule has 0 spiro atoms. The van der Waals surface area contributed by atoms with E-state index in [1.807, 2.05) is 9.80 Å². The van der Waals surface area contributed by atoms with E-state index in [-0.39, 0.29) is 23.8 Å². The van der Waals surface area contributed by atoms with E-state index in [1.54, 1.807) is 18.3 Å². The third-order valence-corrected chi connectivity index (χ3v) is 5.46. The van der Waals surface area contributed by atoms with Gasteiger partial charge in [0.1, 0.15) is 0 Å². The number of likely N-dealkylation sites (tertiary alicyclic amines) is 1. The Morgan fingerprint density at radius 3 is 2.48 bits per heavy atom. The summed E-state index contributed by atoms with van der Waals surface area (Å²) < 4.78 is 14.0. The van der Waals surface area contributed by atoms with Gasteiger partial charge in [-0.1, -0.05) is 0 Å². The van der Waals surface area contributed by atoms with Crippen molar-refractivity contribution < 1.29 is 19.1 Å². The van der Waals surface area contributed by atoms with Crippen LogP contribution >= 0.6 is 0 Å². The Labute approximate surface area is 167 Å². The number of halogens is 1. The molecule has 1 amide bonds. The summed E-state index contributed by atoms with van der Waals surface area (Å²) in [6, 6.07) is 6.03. The molecule has 2 aliphatic heterocycles. The maximum Gasteiger partial charge on any atom is 0.290 e. The summed E-state index contributed by atoms with van der Waals surface area (Å²) >= 11 is 0. The smallest absolute Gasteiger partial charge is 0.290 e. The lowest BCUT2D eigenvalue weighted by Crippen LogP contribution is -2.32. The lowest BCUT2D eigenvalue weighted by atomic mass is 9.92. The molecule has 4 heterocycles. The van der Waals surface area contributed by atoms with Crippen LogP contribution in [0, 0.1) is 17.7 Å². The molecule has 2 saturated heterocycles. The molecular weight excluding hydrogens is 379 g/mol. The van der Waals surface area contributed by atoms with E-state index in [2.05, 4.69) is 9.97 Å². The fourth-order valence-electron chi connectivity index (χ4n) is 4.10. The Morgan fingerprint density at radius 2 is 1.90 bits per heavy atom. The Balaban J connectivity index is 0.000000755. The van der Waals surface area contributed by atoms with Crippen LogP contribution in [-0.2, 0) is 4.79 Å². The van der Waals surface area contributed by atoms with Crippen molar-refractivity contribution >= 4 is 18.2 Å². The Kier molecular flexibility index (Phi) is 6.58. The molecule has 2 atom stereocenters. The van der Waals surface area contributed by atoms with Crippen molar-refractivity contribution in [3.05, 3.63) is 58.4 Å². The first-order chi connectivity index (χ1) is 14.0. The summed E-state index contributed by atoms with van der Waals surface area (Å²) in [5.74, 6) is 0.849. The number of carboxylic acid groups (broad SMARTS) is 1. The number of aromatic amines is 1. The number of rotatable bonds is 2. The van der Waals surface area contributed by atoms with Crippen molar-refractivity contribution in [2.75, 3.05) is 31.1 Å². The quantitative estimate of drug-likeness (QED) is 0.739. The molecule has 0 radical (unpaired) electrons. The van der Waals surface area contributed by atoms with E-state index in [4.69, 9.17) is 9.90 Å². The number of amides is 1. The SMILES string of the molecule is O=C(c1cc[nH]c(=O)c1)N1C[C@H]2CCN(c3ncccc3F)CC[C@H]2C1.O=CO. The maximum absolute atomic E-state index is 14.0. The van der Waals surface area contributed by atoms with Gasteiger partial charge >= 0.3 is 0 Å². The molecule has 4 rings (SSSR count). The van der Waals surface area contributed by atoms with Crippen molar-refractivity contribution in [3.63, 3.8) is 0 Å². The first kappa shape index (κ1) is 20.5.